The van der Waals surface area contributed by atoms with E-state index in [9.17, 15) is 14.7 Å². The average molecular weight is 513 g/mol. The van der Waals surface area contributed by atoms with Crippen molar-refractivity contribution >= 4 is 52.0 Å². The summed E-state index contributed by atoms with van der Waals surface area (Å²) >= 11 is 14.1. The Balaban J connectivity index is 2.21. The van der Waals surface area contributed by atoms with Crippen molar-refractivity contribution in [3.63, 3.8) is 0 Å². The molecule has 0 aliphatic carbocycles. The molecule has 1 unspecified atom stereocenters. The molecule has 1 aliphatic heterocycles. The molecule has 3 rings (SSSR count). The smallest absolute Gasteiger partial charge is 0.295 e. The first kappa shape index (κ1) is 25.4. The van der Waals surface area contributed by atoms with Gasteiger partial charge in [0.05, 0.1) is 36.4 Å². The number of likely N-dealkylation sites (tertiary alicyclic amines) is 1. The van der Waals surface area contributed by atoms with Crippen LogP contribution in [0.3, 0.4) is 0 Å². The van der Waals surface area contributed by atoms with Gasteiger partial charge in [0.15, 0.2) is 11.5 Å². The molecule has 1 aromatic carbocycles. The Hall–Kier alpha value is -2.26. The Labute approximate surface area is 207 Å². The number of halogens is 2. The van der Waals surface area contributed by atoms with Gasteiger partial charge in [-0.05, 0) is 57.1 Å². The highest BCUT2D eigenvalue weighted by Gasteiger charge is 2.47. The van der Waals surface area contributed by atoms with Crippen LogP contribution < -0.4 is 9.47 Å². The molecular formula is C23H26Cl2N2O5S. The van der Waals surface area contributed by atoms with Crippen LogP contribution in [0.25, 0.3) is 5.76 Å². The number of benzene rings is 1. The molecule has 0 spiro atoms. The van der Waals surface area contributed by atoms with Gasteiger partial charge in [-0.3, -0.25) is 9.59 Å². The predicted octanol–water partition coefficient (Wildman–Crippen LogP) is 4.75. The van der Waals surface area contributed by atoms with Gasteiger partial charge in [-0.25, -0.2) is 0 Å². The number of thiophene rings is 1. The number of ketones is 1. The molecule has 2 heterocycles. The number of carbonyl (C=O) groups is 2. The van der Waals surface area contributed by atoms with Crippen molar-refractivity contribution in [3.8, 4) is 11.5 Å². The second-order valence-electron chi connectivity index (χ2n) is 7.90. The molecule has 33 heavy (non-hydrogen) atoms. The fourth-order valence-corrected chi connectivity index (χ4v) is 5.63. The molecular weight excluding hydrogens is 487 g/mol. The zero-order valence-electron chi connectivity index (χ0n) is 19.1. The number of Topliss-reactive ketones (excluding diaryl/α,β-unsaturated/α-hetero) is 1. The normalized spacial score (nSPS) is 17.8. The van der Waals surface area contributed by atoms with Gasteiger partial charge in [0.25, 0.3) is 11.7 Å². The number of hydrogen-bond donors (Lipinski definition) is 1. The highest BCUT2D eigenvalue weighted by Crippen LogP contribution is 2.48. The number of hydrogen-bond acceptors (Lipinski definition) is 7. The van der Waals surface area contributed by atoms with E-state index in [-0.39, 0.29) is 32.7 Å². The summed E-state index contributed by atoms with van der Waals surface area (Å²) in [6.45, 7) is 3.02. The number of nitrogens with zero attached hydrogens (tertiary/aromatic N) is 2. The van der Waals surface area contributed by atoms with E-state index in [1.165, 1.54) is 36.5 Å². The van der Waals surface area contributed by atoms with Crippen LogP contribution in [0.4, 0.5) is 0 Å². The van der Waals surface area contributed by atoms with Crippen LogP contribution in [-0.4, -0.2) is 68.0 Å². The van der Waals surface area contributed by atoms with E-state index in [0.29, 0.717) is 13.0 Å². The van der Waals surface area contributed by atoms with Crippen LogP contribution in [0.1, 0.15) is 28.5 Å². The lowest BCUT2D eigenvalue weighted by molar-refractivity contribution is -0.139. The number of ether oxygens (including phenoxy) is 2. The molecule has 1 N–H and O–H groups in total. The van der Waals surface area contributed by atoms with E-state index in [0.717, 1.165) is 17.0 Å². The summed E-state index contributed by atoms with van der Waals surface area (Å²) in [6, 6.07) is 2.61. The zero-order valence-corrected chi connectivity index (χ0v) is 21.4. The second kappa shape index (κ2) is 10.3. The maximum Gasteiger partial charge on any atom is 0.295 e. The summed E-state index contributed by atoms with van der Waals surface area (Å²) in [5, 5.41) is 13.4. The number of methoxy groups -OCH3 is 2. The summed E-state index contributed by atoms with van der Waals surface area (Å²) in [7, 11) is 6.67. The third-order valence-electron chi connectivity index (χ3n) is 5.49. The Morgan fingerprint density at radius 2 is 1.88 bits per heavy atom. The summed E-state index contributed by atoms with van der Waals surface area (Å²) in [4.78, 5) is 30.6. The lowest BCUT2D eigenvalue weighted by atomic mass is 9.97. The SMILES string of the molecule is COc1c(Cl)cc(/C(O)=C2\C(=O)C(=O)N(CCCN(C)C)C2c2sccc2C)c(OC)c1Cl. The van der Waals surface area contributed by atoms with Gasteiger partial charge in [-0.15, -0.1) is 11.3 Å². The van der Waals surface area contributed by atoms with Crippen molar-refractivity contribution < 1.29 is 24.2 Å². The van der Waals surface area contributed by atoms with Crippen LogP contribution in [-0.2, 0) is 9.59 Å². The summed E-state index contributed by atoms with van der Waals surface area (Å²) in [5.74, 6) is -1.54. The lowest BCUT2D eigenvalue weighted by Crippen LogP contribution is -2.32. The first-order valence-corrected chi connectivity index (χ1v) is 11.8. The molecule has 1 amide bonds. The quantitative estimate of drug-likeness (QED) is 0.312. The number of aliphatic hydroxyl groups excluding tert-OH is 1. The van der Waals surface area contributed by atoms with Crippen molar-refractivity contribution in [1.29, 1.82) is 0 Å². The Kier molecular flexibility index (Phi) is 7.95. The predicted molar refractivity (Wildman–Crippen MR) is 131 cm³/mol. The molecule has 178 valence electrons. The molecule has 1 aromatic heterocycles. The van der Waals surface area contributed by atoms with Crippen molar-refractivity contribution in [2.75, 3.05) is 41.4 Å². The molecule has 1 aliphatic rings. The number of amides is 1. The van der Waals surface area contributed by atoms with Gasteiger partial charge in [0.1, 0.15) is 10.8 Å². The average Bonchev–Trinajstić information content (AvgIpc) is 3.28. The van der Waals surface area contributed by atoms with Crippen molar-refractivity contribution in [3.05, 3.63) is 49.1 Å². The molecule has 0 saturated carbocycles. The maximum absolute atomic E-state index is 13.2. The first-order chi connectivity index (χ1) is 15.6. The third-order valence-corrected chi connectivity index (χ3v) is 7.18. The van der Waals surface area contributed by atoms with Crippen LogP contribution in [0.15, 0.2) is 23.1 Å². The van der Waals surface area contributed by atoms with E-state index in [1.54, 1.807) is 0 Å². The highest BCUT2D eigenvalue weighted by molar-refractivity contribution is 7.10. The zero-order chi connectivity index (χ0) is 24.4. The summed E-state index contributed by atoms with van der Waals surface area (Å²) in [6.07, 6.45) is 0.671. The first-order valence-electron chi connectivity index (χ1n) is 10.2. The third kappa shape index (κ3) is 4.71. The minimum atomic E-state index is -0.764. The lowest BCUT2D eigenvalue weighted by Gasteiger charge is -2.25. The second-order valence-corrected chi connectivity index (χ2v) is 9.64. The van der Waals surface area contributed by atoms with E-state index >= 15 is 0 Å². The minimum Gasteiger partial charge on any atom is -0.507 e. The molecule has 7 nitrogen and oxygen atoms in total. The fraction of sp³-hybridized carbons (Fsp3) is 0.391. The monoisotopic (exact) mass is 512 g/mol. The highest BCUT2D eigenvalue weighted by atomic mass is 35.5. The maximum atomic E-state index is 13.2. The Morgan fingerprint density at radius 3 is 2.42 bits per heavy atom. The summed E-state index contributed by atoms with van der Waals surface area (Å²) in [5.41, 5.74) is 1.01. The molecule has 10 heteroatoms. The van der Waals surface area contributed by atoms with Gasteiger partial charge in [0, 0.05) is 11.4 Å². The molecule has 0 bridgehead atoms. The fourth-order valence-electron chi connectivity index (χ4n) is 3.90. The van der Waals surface area contributed by atoms with Gasteiger partial charge in [-0.2, -0.15) is 0 Å². The molecule has 0 radical (unpaired) electrons. The van der Waals surface area contributed by atoms with E-state index in [2.05, 4.69) is 0 Å². The van der Waals surface area contributed by atoms with Crippen molar-refractivity contribution in [1.82, 2.24) is 9.80 Å². The van der Waals surface area contributed by atoms with E-state index < -0.39 is 23.5 Å². The van der Waals surface area contributed by atoms with Crippen molar-refractivity contribution in [2.45, 2.75) is 19.4 Å². The molecule has 1 atom stereocenters. The number of aryl methyl sites for hydroxylation is 1. The number of rotatable bonds is 8. The van der Waals surface area contributed by atoms with Crippen LogP contribution in [0.5, 0.6) is 11.5 Å². The minimum absolute atomic E-state index is 0.0222. The van der Waals surface area contributed by atoms with Gasteiger partial charge < -0.3 is 24.4 Å². The summed E-state index contributed by atoms with van der Waals surface area (Å²) < 4.78 is 10.6. The largest absolute Gasteiger partial charge is 0.507 e. The Bertz CT molecular complexity index is 1110. The van der Waals surface area contributed by atoms with Crippen LogP contribution in [0, 0.1) is 6.92 Å². The van der Waals surface area contributed by atoms with Gasteiger partial charge in [0.2, 0.25) is 0 Å². The molecule has 1 saturated heterocycles. The van der Waals surface area contributed by atoms with Gasteiger partial charge in [-0.1, -0.05) is 23.2 Å². The van der Waals surface area contributed by atoms with E-state index in [4.69, 9.17) is 32.7 Å². The van der Waals surface area contributed by atoms with Crippen molar-refractivity contribution in [2.24, 2.45) is 0 Å². The van der Waals surface area contributed by atoms with E-state index in [1.807, 2.05) is 37.4 Å². The number of carbonyl (C=O) groups excluding carboxylic acids is 2. The topological polar surface area (TPSA) is 79.3 Å². The standard InChI is InChI=1S/C23H26Cl2N2O5S/c1-12-7-10-33-22(12)17-15(19(29)23(30)27(17)9-6-8-26(2)3)18(28)13-11-14(24)21(32-5)16(25)20(13)31-4/h7,10-11,17,28H,6,8-9H2,1-5H3/b18-15+. The molecule has 1 fully saturated rings. The Morgan fingerprint density at radius 1 is 1.21 bits per heavy atom. The van der Waals surface area contributed by atoms with Gasteiger partial charge >= 0.3 is 0 Å². The van der Waals surface area contributed by atoms with Crippen LogP contribution in [0.2, 0.25) is 10.0 Å². The molecule has 2 aromatic rings. The van der Waals surface area contributed by atoms with Crippen LogP contribution >= 0.6 is 34.5 Å². The number of aliphatic hydroxyl groups is 1.